The predicted molar refractivity (Wildman–Crippen MR) is 69.2 cm³/mol. The van der Waals surface area contributed by atoms with Crippen LogP contribution in [0.4, 0.5) is 14.5 Å². The minimum absolute atomic E-state index is 0.0678. The summed E-state index contributed by atoms with van der Waals surface area (Å²) in [5, 5.41) is 13.6. The Bertz CT molecular complexity index is 660. The summed E-state index contributed by atoms with van der Waals surface area (Å²) in [5.74, 6) is -2.72. The molecule has 1 fully saturated rings. The van der Waals surface area contributed by atoms with Crippen LogP contribution in [0.15, 0.2) is 17.0 Å². The van der Waals surface area contributed by atoms with Crippen molar-refractivity contribution in [2.45, 2.75) is 11.3 Å². The zero-order chi connectivity index (χ0) is 15.6. The van der Waals surface area contributed by atoms with Gasteiger partial charge in [0.25, 0.3) is 0 Å². The molecule has 1 aliphatic heterocycles. The highest BCUT2D eigenvalue weighted by atomic mass is 32.2. The van der Waals surface area contributed by atoms with E-state index in [0.717, 1.165) is 13.0 Å². The van der Waals surface area contributed by atoms with Crippen LogP contribution >= 0.6 is 0 Å². The van der Waals surface area contributed by atoms with Crippen molar-refractivity contribution in [3.8, 4) is 0 Å². The normalized spacial score (nSPS) is 18.9. The van der Waals surface area contributed by atoms with Gasteiger partial charge in [-0.25, -0.2) is 17.5 Å². The van der Waals surface area contributed by atoms with E-state index in [1.165, 1.54) is 0 Å². The molecule has 0 aromatic heterocycles. The molecule has 1 unspecified atom stereocenters. The minimum Gasteiger partial charge on any atom is -0.316 e. The first-order valence-electron chi connectivity index (χ1n) is 6.15. The van der Waals surface area contributed by atoms with Crippen molar-refractivity contribution < 1.29 is 22.1 Å². The van der Waals surface area contributed by atoms with Crippen LogP contribution in [0.2, 0.25) is 0 Å². The molecule has 0 bridgehead atoms. The molecule has 1 saturated heterocycles. The molecule has 10 heteroatoms. The van der Waals surface area contributed by atoms with Gasteiger partial charge in [-0.3, -0.25) is 10.1 Å². The molecule has 21 heavy (non-hydrogen) atoms. The molecule has 2 rings (SSSR count). The van der Waals surface area contributed by atoms with Crippen molar-refractivity contribution in [3.63, 3.8) is 0 Å². The van der Waals surface area contributed by atoms with Crippen molar-refractivity contribution in [3.05, 3.63) is 33.9 Å². The molecular formula is C11H13F2N3O4S. The smallest absolute Gasteiger partial charge is 0.306 e. The molecule has 1 aromatic rings. The topological polar surface area (TPSA) is 101 Å². The molecule has 0 saturated carbocycles. The number of rotatable bonds is 5. The van der Waals surface area contributed by atoms with Crippen LogP contribution in [0.5, 0.6) is 0 Å². The molecule has 7 nitrogen and oxygen atoms in total. The van der Waals surface area contributed by atoms with Gasteiger partial charge in [-0.15, -0.1) is 0 Å². The fourth-order valence-electron chi connectivity index (χ4n) is 2.06. The van der Waals surface area contributed by atoms with Gasteiger partial charge < -0.3 is 5.32 Å². The SMILES string of the molecule is O=[N+]([O-])c1cc(S(=O)(=O)NCC2CCNC2)c(F)cc1F. The summed E-state index contributed by atoms with van der Waals surface area (Å²) in [7, 11) is -4.28. The first kappa shape index (κ1) is 15.7. The van der Waals surface area contributed by atoms with E-state index >= 15 is 0 Å². The molecule has 116 valence electrons. The molecule has 1 aliphatic rings. The van der Waals surface area contributed by atoms with Crippen LogP contribution < -0.4 is 10.0 Å². The van der Waals surface area contributed by atoms with E-state index in [1.807, 2.05) is 0 Å². The Hall–Kier alpha value is -1.65. The van der Waals surface area contributed by atoms with Crippen LogP contribution in [-0.4, -0.2) is 33.0 Å². The summed E-state index contributed by atoms with van der Waals surface area (Å²) in [4.78, 5) is 8.57. The fraction of sp³-hybridized carbons (Fsp3) is 0.455. The van der Waals surface area contributed by atoms with Crippen molar-refractivity contribution in [1.82, 2.24) is 10.0 Å². The van der Waals surface area contributed by atoms with Crippen molar-refractivity contribution >= 4 is 15.7 Å². The number of halogens is 2. The highest BCUT2D eigenvalue weighted by Gasteiger charge is 2.27. The minimum atomic E-state index is -4.28. The van der Waals surface area contributed by atoms with Gasteiger partial charge in [-0.05, 0) is 25.4 Å². The highest BCUT2D eigenvalue weighted by Crippen LogP contribution is 2.24. The van der Waals surface area contributed by atoms with Gasteiger partial charge >= 0.3 is 5.69 Å². The lowest BCUT2D eigenvalue weighted by atomic mass is 10.1. The number of nitro benzene ring substituents is 1. The quantitative estimate of drug-likeness (QED) is 0.616. The molecule has 0 aliphatic carbocycles. The maximum absolute atomic E-state index is 13.6. The van der Waals surface area contributed by atoms with Crippen LogP contribution in [0.25, 0.3) is 0 Å². The van der Waals surface area contributed by atoms with Gasteiger partial charge in [0.05, 0.1) is 4.92 Å². The number of nitrogens with one attached hydrogen (secondary N) is 2. The molecule has 0 radical (unpaired) electrons. The predicted octanol–water partition coefficient (Wildman–Crippen LogP) is 0.761. The summed E-state index contributed by atoms with van der Waals surface area (Å²) < 4.78 is 52.9. The molecule has 1 heterocycles. The molecular weight excluding hydrogens is 308 g/mol. The third-order valence-corrected chi connectivity index (χ3v) is 4.65. The monoisotopic (exact) mass is 321 g/mol. The Kier molecular flexibility index (Phi) is 4.49. The van der Waals surface area contributed by atoms with E-state index in [-0.39, 0.29) is 18.5 Å². The largest absolute Gasteiger partial charge is 0.316 e. The number of nitro groups is 1. The van der Waals surface area contributed by atoms with Crippen LogP contribution in [0, 0.1) is 27.7 Å². The standard InChI is InChI=1S/C11H13F2N3O4S/c12-8-3-9(13)11(4-10(8)16(17)18)21(19,20)15-6-7-1-2-14-5-7/h3-4,7,14-15H,1-2,5-6H2. The van der Waals surface area contributed by atoms with E-state index in [1.54, 1.807) is 0 Å². The number of hydrogen-bond acceptors (Lipinski definition) is 5. The number of sulfonamides is 1. The second-order valence-electron chi connectivity index (χ2n) is 4.70. The van der Waals surface area contributed by atoms with Gasteiger partial charge in [0, 0.05) is 18.7 Å². The Labute approximate surface area is 119 Å². The van der Waals surface area contributed by atoms with E-state index in [4.69, 9.17) is 0 Å². The summed E-state index contributed by atoms with van der Waals surface area (Å²) in [6.45, 7) is 1.48. The number of hydrogen-bond donors (Lipinski definition) is 2. The molecule has 1 atom stereocenters. The fourth-order valence-corrected chi connectivity index (χ4v) is 3.25. The van der Waals surface area contributed by atoms with Crippen LogP contribution in [-0.2, 0) is 10.0 Å². The summed E-state index contributed by atoms with van der Waals surface area (Å²) in [6, 6.07) is 0.587. The van der Waals surface area contributed by atoms with E-state index in [0.29, 0.717) is 12.6 Å². The summed E-state index contributed by atoms with van der Waals surface area (Å²) in [6.07, 6.45) is 0.772. The van der Waals surface area contributed by atoms with Gasteiger partial charge in [-0.2, -0.15) is 4.39 Å². The van der Waals surface area contributed by atoms with Crippen LogP contribution in [0.1, 0.15) is 6.42 Å². The summed E-state index contributed by atoms with van der Waals surface area (Å²) in [5.41, 5.74) is -1.08. The van der Waals surface area contributed by atoms with Crippen molar-refractivity contribution in [2.24, 2.45) is 5.92 Å². The van der Waals surface area contributed by atoms with Crippen molar-refractivity contribution in [1.29, 1.82) is 0 Å². The first-order chi connectivity index (χ1) is 9.81. The van der Waals surface area contributed by atoms with E-state index < -0.39 is 37.2 Å². The lowest BCUT2D eigenvalue weighted by molar-refractivity contribution is -0.387. The molecule has 0 amide bonds. The number of benzene rings is 1. The molecule has 0 spiro atoms. The third kappa shape index (κ3) is 3.52. The van der Waals surface area contributed by atoms with Gasteiger partial charge in [0.2, 0.25) is 15.8 Å². The summed E-state index contributed by atoms with van der Waals surface area (Å²) >= 11 is 0. The lowest BCUT2D eigenvalue weighted by Crippen LogP contribution is -2.31. The van der Waals surface area contributed by atoms with Gasteiger partial charge in [-0.1, -0.05) is 0 Å². The highest BCUT2D eigenvalue weighted by molar-refractivity contribution is 7.89. The van der Waals surface area contributed by atoms with E-state index in [9.17, 15) is 27.3 Å². The Morgan fingerprint density at radius 2 is 2.10 bits per heavy atom. The van der Waals surface area contributed by atoms with E-state index in [2.05, 4.69) is 10.0 Å². The maximum Gasteiger partial charge on any atom is 0.306 e. The average Bonchev–Trinajstić information content (AvgIpc) is 2.88. The number of nitrogens with zero attached hydrogens (tertiary/aromatic N) is 1. The zero-order valence-electron chi connectivity index (χ0n) is 10.8. The molecule has 2 N–H and O–H groups in total. The Balaban J connectivity index is 2.26. The second-order valence-corrected chi connectivity index (χ2v) is 6.44. The van der Waals surface area contributed by atoms with Gasteiger partial charge in [0.15, 0.2) is 0 Å². The van der Waals surface area contributed by atoms with Crippen molar-refractivity contribution in [2.75, 3.05) is 19.6 Å². The maximum atomic E-state index is 13.6. The third-order valence-electron chi connectivity index (χ3n) is 3.21. The van der Waals surface area contributed by atoms with Crippen LogP contribution in [0.3, 0.4) is 0 Å². The molecule has 1 aromatic carbocycles. The van der Waals surface area contributed by atoms with Gasteiger partial charge in [0.1, 0.15) is 10.7 Å². The Morgan fingerprint density at radius 3 is 2.67 bits per heavy atom. The average molecular weight is 321 g/mol. The lowest BCUT2D eigenvalue weighted by Gasteiger charge is -2.11. The first-order valence-corrected chi connectivity index (χ1v) is 7.63. The zero-order valence-corrected chi connectivity index (χ0v) is 11.6. The second kappa shape index (κ2) is 6.00. The Morgan fingerprint density at radius 1 is 1.38 bits per heavy atom.